The molecule has 0 atom stereocenters. The molecular formula is C14H22N2O2. The summed E-state index contributed by atoms with van der Waals surface area (Å²) < 4.78 is 5.76. The van der Waals surface area contributed by atoms with E-state index in [0.717, 1.165) is 30.9 Å². The highest BCUT2D eigenvalue weighted by Crippen LogP contribution is 2.18. The van der Waals surface area contributed by atoms with Gasteiger partial charge in [0, 0.05) is 12.1 Å². The van der Waals surface area contributed by atoms with E-state index in [-0.39, 0.29) is 0 Å². The number of rotatable bonds is 7. The zero-order valence-corrected chi connectivity index (χ0v) is 11.4. The number of nitrogens with zero attached hydrogens (tertiary/aromatic N) is 2. The third-order valence-corrected chi connectivity index (χ3v) is 2.99. The number of hydrogen-bond acceptors (Lipinski definition) is 4. The molecule has 1 aromatic rings. The maximum atomic E-state index is 8.83. The van der Waals surface area contributed by atoms with Crippen LogP contribution in [0.1, 0.15) is 26.3 Å². The first-order chi connectivity index (χ1) is 8.72. The van der Waals surface area contributed by atoms with Gasteiger partial charge in [-0.05, 0) is 32.1 Å². The second-order valence-corrected chi connectivity index (χ2v) is 4.06. The molecule has 4 heteroatoms. The number of oxime groups is 1. The monoisotopic (exact) mass is 250 g/mol. The zero-order valence-electron chi connectivity index (χ0n) is 11.4. The molecule has 1 N–H and O–H groups in total. The van der Waals surface area contributed by atoms with Gasteiger partial charge in [0.05, 0.1) is 5.71 Å². The van der Waals surface area contributed by atoms with Gasteiger partial charge in [0.2, 0.25) is 0 Å². The summed E-state index contributed by atoms with van der Waals surface area (Å²) in [5.74, 6) is 0.764. The van der Waals surface area contributed by atoms with Gasteiger partial charge >= 0.3 is 0 Å². The molecule has 0 saturated carbocycles. The Kier molecular flexibility index (Phi) is 6.22. The van der Waals surface area contributed by atoms with Crippen LogP contribution >= 0.6 is 0 Å². The summed E-state index contributed by atoms with van der Waals surface area (Å²) in [6, 6.07) is 7.61. The molecule has 0 spiro atoms. The van der Waals surface area contributed by atoms with E-state index in [1.54, 1.807) is 6.92 Å². The van der Waals surface area contributed by atoms with Crippen LogP contribution in [0.2, 0.25) is 0 Å². The van der Waals surface area contributed by atoms with Gasteiger partial charge in [0.15, 0.2) is 0 Å². The SMILES string of the molecule is CCN(CC)CCOc1ccccc1/C(C)=N/O. The summed E-state index contributed by atoms with van der Waals surface area (Å²) in [4.78, 5) is 2.30. The molecule has 0 saturated heterocycles. The van der Waals surface area contributed by atoms with Crippen molar-refractivity contribution in [2.24, 2.45) is 5.16 Å². The fraction of sp³-hybridized carbons (Fsp3) is 0.500. The quantitative estimate of drug-likeness (QED) is 0.459. The van der Waals surface area contributed by atoms with Gasteiger partial charge in [-0.1, -0.05) is 31.1 Å². The van der Waals surface area contributed by atoms with Crippen LogP contribution in [0.3, 0.4) is 0 Å². The average molecular weight is 250 g/mol. The largest absolute Gasteiger partial charge is 0.492 e. The van der Waals surface area contributed by atoms with Crippen molar-refractivity contribution in [3.63, 3.8) is 0 Å². The Morgan fingerprint density at radius 1 is 1.28 bits per heavy atom. The number of likely N-dealkylation sites (N-methyl/N-ethyl adjacent to an activating group) is 1. The molecule has 0 bridgehead atoms. The first-order valence-corrected chi connectivity index (χ1v) is 6.36. The van der Waals surface area contributed by atoms with Crippen LogP contribution < -0.4 is 4.74 Å². The Labute approximate surface area is 109 Å². The average Bonchev–Trinajstić information content (AvgIpc) is 2.43. The van der Waals surface area contributed by atoms with Crippen molar-refractivity contribution in [1.82, 2.24) is 4.90 Å². The third-order valence-electron chi connectivity index (χ3n) is 2.99. The molecular weight excluding hydrogens is 228 g/mol. The summed E-state index contributed by atoms with van der Waals surface area (Å²) in [6.45, 7) is 9.62. The first kappa shape index (κ1) is 14.5. The normalized spacial score (nSPS) is 11.9. The fourth-order valence-corrected chi connectivity index (χ4v) is 1.77. The topological polar surface area (TPSA) is 45.1 Å². The van der Waals surface area contributed by atoms with Crippen molar-refractivity contribution >= 4 is 5.71 Å². The minimum absolute atomic E-state index is 0.563. The molecule has 0 aliphatic rings. The van der Waals surface area contributed by atoms with E-state index >= 15 is 0 Å². The third kappa shape index (κ3) is 4.04. The second kappa shape index (κ2) is 7.71. The first-order valence-electron chi connectivity index (χ1n) is 6.36. The number of benzene rings is 1. The Morgan fingerprint density at radius 2 is 1.94 bits per heavy atom. The lowest BCUT2D eigenvalue weighted by molar-refractivity contribution is 0.222. The number of para-hydroxylation sites is 1. The predicted molar refractivity (Wildman–Crippen MR) is 73.7 cm³/mol. The molecule has 0 amide bonds. The predicted octanol–water partition coefficient (Wildman–Crippen LogP) is 2.61. The number of hydrogen-bond donors (Lipinski definition) is 1. The molecule has 0 heterocycles. The van der Waals surface area contributed by atoms with Gasteiger partial charge in [-0.25, -0.2) is 0 Å². The van der Waals surface area contributed by atoms with Crippen molar-refractivity contribution in [2.75, 3.05) is 26.2 Å². The second-order valence-electron chi connectivity index (χ2n) is 4.06. The molecule has 0 fully saturated rings. The van der Waals surface area contributed by atoms with Crippen LogP contribution in [0, 0.1) is 0 Å². The Bertz CT molecular complexity index is 387. The fourth-order valence-electron chi connectivity index (χ4n) is 1.77. The van der Waals surface area contributed by atoms with E-state index in [1.807, 2.05) is 24.3 Å². The smallest absolute Gasteiger partial charge is 0.128 e. The lowest BCUT2D eigenvalue weighted by atomic mass is 10.1. The maximum Gasteiger partial charge on any atom is 0.128 e. The maximum absolute atomic E-state index is 8.83. The Balaban J connectivity index is 2.62. The van der Waals surface area contributed by atoms with E-state index in [9.17, 15) is 0 Å². The highest BCUT2D eigenvalue weighted by atomic mass is 16.5. The summed E-state index contributed by atoms with van der Waals surface area (Å²) in [5.41, 5.74) is 1.40. The van der Waals surface area contributed by atoms with Crippen molar-refractivity contribution in [3.8, 4) is 5.75 Å². The van der Waals surface area contributed by atoms with Crippen molar-refractivity contribution in [2.45, 2.75) is 20.8 Å². The molecule has 0 aromatic heterocycles. The molecule has 1 aromatic carbocycles. The molecule has 0 aliphatic heterocycles. The summed E-state index contributed by atoms with van der Waals surface area (Å²) in [7, 11) is 0. The molecule has 0 radical (unpaired) electrons. The number of ether oxygens (including phenoxy) is 1. The van der Waals surface area contributed by atoms with E-state index < -0.39 is 0 Å². The van der Waals surface area contributed by atoms with Crippen molar-refractivity contribution < 1.29 is 9.94 Å². The highest BCUT2D eigenvalue weighted by molar-refractivity contribution is 6.00. The van der Waals surface area contributed by atoms with Crippen LogP contribution in [0.5, 0.6) is 5.75 Å². The molecule has 18 heavy (non-hydrogen) atoms. The van der Waals surface area contributed by atoms with E-state index in [2.05, 4.69) is 23.9 Å². The van der Waals surface area contributed by atoms with E-state index in [1.165, 1.54) is 0 Å². The van der Waals surface area contributed by atoms with Crippen molar-refractivity contribution in [1.29, 1.82) is 0 Å². The van der Waals surface area contributed by atoms with Gasteiger partial charge in [-0.15, -0.1) is 0 Å². The Morgan fingerprint density at radius 3 is 2.56 bits per heavy atom. The van der Waals surface area contributed by atoms with Crippen LogP contribution in [0.25, 0.3) is 0 Å². The highest BCUT2D eigenvalue weighted by Gasteiger charge is 2.07. The van der Waals surface area contributed by atoms with Gasteiger partial charge < -0.3 is 14.8 Å². The summed E-state index contributed by atoms with van der Waals surface area (Å²) in [5, 5.41) is 12.0. The molecule has 4 nitrogen and oxygen atoms in total. The van der Waals surface area contributed by atoms with Crippen LogP contribution in [-0.4, -0.2) is 42.1 Å². The molecule has 0 unspecified atom stereocenters. The minimum atomic E-state index is 0.563. The van der Waals surface area contributed by atoms with Gasteiger partial charge in [0.1, 0.15) is 12.4 Å². The summed E-state index contributed by atoms with van der Waals surface area (Å²) in [6.07, 6.45) is 0. The van der Waals surface area contributed by atoms with Crippen molar-refractivity contribution in [3.05, 3.63) is 29.8 Å². The minimum Gasteiger partial charge on any atom is -0.492 e. The molecule has 1 rings (SSSR count). The van der Waals surface area contributed by atoms with Crippen LogP contribution in [0.15, 0.2) is 29.4 Å². The van der Waals surface area contributed by atoms with Gasteiger partial charge in [-0.3, -0.25) is 0 Å². The molecule has 100 valence electrons. The zero-order chi connectivity index (χ0) is 13.4. The summed E-state index contributed by atoms with van der Waals surface area (Å²) >= 11 is 0. The molecule has 0 aliphatic carbocycles. The van der Waals surface area contributed by atoms with E-state index in [4.69, 9.17) is 9.94 Å². The van der Waals surface area contributed by atoms with Crippen LogP contribution in [0.4, 0.5) is 0 Å². The van der Waals surface area contributed by atoms with Gasteiger partial charge in [-0.2, -0.15) is 0 Å². The standard InChI is InChI=1S/C14H22N2O2/c1-4-16(5-2)10-11-18-14-9-7-6-8-13(14)12(3)15-17/h6-9,17H,4-5,10-11H2,1-3H3/b15-12+. The van der Waals surface area contributed by atoms with Crippen LogP contribution in [-0.2, 0) is 0 Å². The lowest BCUT2D eigenvalue weighted by Gasteiger charge is -2.18. The van der Waals surface area contributed by atoms with Gasteiger partial charge in [0.25, 0.3) is 0 Å². The van der Waals surface area contributed by atoms with E-state index in [0.29, 0.717) is 12.3 Å². The lowest BCUT2D eigenvalue weighted by Crippen LogP contribution is -2.28. The Hall–Kier alpha value is -1.55.